The number of nitrogen functional groups attached to an aromatic ring is 2. The lowest BCUT2D eigenvalue weighted by Crippen LogP contribution is -2.35. The number of phosphoric ester groups is 1. The molecule has 0 saturated carbocycles. The summed E-state index contributed by atoms with van der Waals surface area (Å²) in [7, 11) is -5.05. The summed E-state index contributed by atoms with van der Waals surface area (Å²) in [4.78, 5) is 38.5. The van der Waals surface area contributed by atoms with Crippen LogP contribution in [0.5, 0.6) is 0 Å². The van der Waals surface area contributed by atoms with Gasteiger partial charge in [-0.05, 0) is 0 Å². The normalized spacial score (nSPS) is 31.7. The molecule has 0 spiro atoms. The zero-order valence-electron chi connectivity index (χ0n) is 20.5. The van der Waals surface area contributed by atoms with Crippen LogP contribution in [0.3, 0.4) is 0 Å². The van der Waals surface area contributed by atoms with Crippen molar-refractivity contribution in [2.75, 3.05) is 18.1 Å². The fraction of sp³-hybridized carbons (Fsp3) is 0.474. The highest BCUT2D eigenvalue weighted by Crippen LogP contribution is 2.50. The monoisotopic (exact) mass is 598 g/mol. The average molecular weight is 598 g/mol. The highest BCUT2D eigenvalue weighted by atomic mass is 31.2. The number of nitrogens with zero attached hydrogens (tertiary/aromatic N) is 8. The molecule has 2 fully saturated rings. The van der Waals surface area contributed by atoms with Gasteiger partial charge in [-0.25, -0.2) is 44.6 Å². The van der Waals surface area contributed by atoms with Crippen molar-refractivity contribution in [3.63, 3.8) is 0 Å². The number of fused-ring (bicyclic) bond motifs is 2. The van der Waals surface area contributed by atoms with Crippen LogP contribution in [0.4, 0.5) is 11.6 Å². The number of aliphatic hydroxyl groups excluding tert-OH is 3. The lowest BCUT2D eigenvalue weighted by molar-refractivity contribution is -0.357. The Morgan fingerprint density at radius 2 is 1.44 bits per heavy atom. The zero-order chi connectivity index (χ0) is 29.1. The molecule has 0 amide bonds. The van der Waals surface area contributed by atoms with E-state index in [-0.39, 0.29) is 34.0 Å². The van der Waals surface area contributed by atoms with E-state index in [9.17, 15) is 24.8 Å². The number of ether oxygens (including phenoxy) is 2. The summed E-state index contributed by atoms with van der Waals surface area (Å²) in [5.74, 6) is 0.121. The minimum atomic E-state index is -5.05. The average Bonchev–Trinajstić information content (AvgIpc) is 3.70. The van der Waals surface area contributed by atoms with Gasteiger partial charge in [0.25, 0.3) is 0 Å². The molecule has 5 unspecified atom stereocenters. The predicted octanol–water partition coefficient (Wildman–Crippen LogP) is -2.34. The number of aromatic nitrogens is 8. The first-order valence-corrected chi connectivity index (χ1v) is 13.3. The number of phosphoric acid groups is 1. The molecule has 2 aliphatic rings. The molecular weight excluding hydrogens is 575 g/mol. The van der Waals surface area contributed by atoms with Crippen LogP contribution in [-0.2, 0) is 28.0 Å². The second-order valence-corrected chi connectivity index (χ2v) is 10.4. The molecule has 6 rings (SSSR count). The molecule has 0 bridgehead atoms. The molecule has 4 aromatic heterocycles. The highest BCUT2D eigenvalue weighted by molar-refractivity contribution is 7.47. The van der Waals surface area contributed by atoms with Gasteiger partial charge in [-0.2, -0.15) is 0 Å². The minimum absolute atomic E-state index is 0.0334. The van der Waals surface area contributed by atoms with Crippen LogP contribution in [0.1, 0.15) is 12.5 Å². The van der Waals surface area contributed by atoms with Crippen LogP contribution in [0, 0.1) is 0 Å². The number of imidazole rings is 2. The van der Waals surface area contributed by atoms with Crippen LogP contribution in [0.15, 0.2) is 25.3 Å². The Kier molecular flexibility index (Phi) is 7.04. The second kappa shape index (κ2) is 10.4. The van der Waals surface area contributed by atoms with Crippen molar-refractivity contribution in [1.29, 1.82) is 0 Å². The van der Waals surface area contributed by atoms with E-state index in [2.05, 4.69) is 34.8 Å². The third-order valence-electron chi connectivity index (χ3n) is 6.59. The van der Waals surface area contributed by atoms with Crippen molar-refractivity contribution in [3.8, 4) is 0 Å². The Bertz CT molecular complexity index is 1620. The number of hydrogen-bond acceptors (Lipinski definition) is 18. The number of aliphatic hydroxyl groups is 3. The summed E-state index contributed by atoms with van der Waals surface area (Å²) in [6.07, 6.45) is -7.39. The Hall–Kier alpha value is -3.47. The largest absolute Gasteiger partial charge is 0.472 e. The summed E-state index contributed by atoms with van der Waals surface area (Å²) in [5, 5.41) is 40.9. The quantitative estimate of drug-likeness (QED) is 0.0634. The molecular formula is C19H23N10O11P. The standard InChI is InChI=1S/C19H23N10O11P/c20-13-7-15(24-2-22-13)28(4-26-7)17-10(31)9(30)6(37-17)1-36-41(34,35)40-12-11(32)19(39-33)38-18(12)29-5-27-8-14(21)23-3-25-16(8)29/h2-6,9-12,17-19,30-33H,1H2,(H,34,35)(H2,20,22,24)(H2,21,23,25)/t6-,9?,10?,11?,12?,17-,18-,19-/m1/s1. The zero-order valence-corrected chi connectivity index (χ0v) is 21.4. The van der Waals surface area contributed by atoms with Gasteiger partial charge in [0.1, 0.15) is 54.2 Å². The maximum atomic E-state index is 12.9. The first kappa shape index (κ1) is 27.7. The van der Waals surface area contributed by atoms with Crippen molar-refractivity contribution >= 4 is 41.8 Å². The molecule has 9 N–H and O–H groups in total. The smallest absolute Gasteiger partial charge is 0.387 e. The molecule has 21 nitrogen and oxygen atoms in total. The van der Waals surface area contributed by atoms with Gasteiger partial charge >= 0.3 is 7.82 Å². The fourth-order valence-corrected chi connectivity index (χ4v) is 5.54. The van der Waals surface area contributed by atoms with Gasteiger partial charge in [-0.1, -0.05) is 0 Å². The third-order valence-corrected chi connectivity index (χ3v) is 7.58. The van der Waals surface area contributed by atoms with Gasteiger partial charge in [0, 0.05) is 0 Å². The van der Waals surface area contributed by atoms with E-state index in [0.29, 0.717) is 0 Å². The molecule has 0 aliphatic carbocycles. The van der Waals surface area contributed by atoms with Crippen molar-refractivity contribution in [3.05, 3.63) is 25.3 Å². The Balaban J connectivity index is 1.18. The van der Waals surface area contributed by atoms with Crippen LogP contribution in [0.25, 0.3) is 22.3 Å². The lowest BCUT2D eigenvalue weighted by Gasteiger charge is -2.24. The van der Waals surface area contributed by atoms with Gasteiger partial charge in [0.15, 0.2) is 35.4 Å². The van der Waals surface area contributed by atoms with Crippen molar-refractivity contribution in [2.24, 2.45) is 0 Å². The Morgan fingerprint density at radius 3 is 2.02 bits per heavy atom. The van der Waals surface area contributed by atoms with Gasteiger partial charge in [-0.15, -0.1) is 0 Å². The summed E-state index contributed by atoms with van der Waals surface area (Å²) in [6, 6.07) is 0. The summed E-state index contributed by atoms with van der Waals surface area (Å²) in [6.45, 7) is -0.738. The summed E-state index contributed by atoms with van der Waals surface area (Å²) < 4.78 is 36.8. The molecule has 6 heterocycles. The Morgan fingerprint density at radius 1 is 0.854 bits per heavy atom. The topological polar surface area (TPSA) is 304 Å². The highest BCUT2D eigenvalue weighted by Gasteiger charge is 2.51. The number of rotatable bonds is 8. The number of anilines is 2. The molecule has 2 saturated heterocycles. The number of nitrogens with two attached hydrogens (primary N) is 2. The molecule has 0 radical (unpaired) electrons. The fourth-order valence-electron chi connectivity index (χ4n) is 4.61. The summed E-state index contributed by atoms with van der Waals surface area (Å²) >= 11 is 0. The molecule has 0 aromatic carbocycles. The van der Waals surface area contributed by atoms with E-state index < -0.39 is 63.7 Å². The maximum Gasteiger partial charge on any atom is 0.472 e. The van der Waals surface area contributed by atoms with E-state index in [1.807, 2.05) is 0 Å². The van der Waals surface area contributed by atoms with Crippen molar-refractivity contribution < 1.29 is 53.4 Å². The van der Waals surface area contributed by atoms with Crippen LogP contribution in [-0.4, -0.2) is 108 Å². The van der Waals surface area contributed by atoms with E-state index in [1.165, 1.54) is 28.1 Å². The second-order valence-electron chi connectivity index (χ2n) is 9.04. The van der Waals surface area contributed by atoms with E-state index >= 15 is 0 Å². The van der Waals surface area contributed by atoms with Crippen LogP contribution < -0.4 is 11.5 Å². The molecule has 41 heavy (non-hydrogen) atoms. The van der Waals surface area contributed by atoms with E-state index in [4.69, 9.17) is 35.2 Å². The lowest BCUT2D eigenvalue weighted by atomic mass is 10.1. The van der Waals surface area contributed by atoms with Gasteiger partial charge < -0.3 is 41.2 Å². The van der Waals surface area contributed by atoms with Gasteiger partial charge in [0.05, 0.1) is 19.3 Å². The molecule has 2 aliphatic heterocycles. The minimum Gasteiger partial charge on any atom is -0.387 e. The molecule has 22 heteroatoms. The van der Waals surface area contributed by atoms with Crippen LogP contribution in [0.2, 0.25) is 0 Å². The van der Waals surface area contributed by atoms with E-state index in [0.717, 1.165) is 6.33 Å². The third kappa shape index (κ3) is 4.77. The van der Waals surface area contributed by atoms with Gasteiger partial charge in [-0.3, -0.25) is 18.2 Å². The molecule has 9 atom stereocenters. The predicted molar refractivity (Wildman–Crippen MR) is 130 cm³/mol. The summed E-state index contributed by atoms with van der Waals surface area (Å²) in [5.41, 5.74) is 12.3. The van der Waals surface area contributed by atoms with Crippen molar-refractivity contribution in [1.82, 2.24) is 39.0 Å². The first-order valence-electron chi connectivity index (χ1n) is 11.8. The molecule has 220 valence electrons. The maximum absolute atomic E-state index is 12.9. The molecule has 4 aromatic rings. The van der Waals surface area contributed by atoms with E-state index in [1.54, 1.807) is 0 Å². The SMILES string of the molecule is Nc1ncnc2c1ncn2[C@@H]1O[C@H](COP(=O)(O)OC2C(O)[C@@H](OO)O[C@H]2n2cnc3c(N)ncnc32)C(O)C1O. The van der Waals surface area contributed by atoms with Crippen LogP contribution >= 0.6 is 7.82 Å². The van der Waals surface area contributed by atoms with Crippen molar-refractivity contribution in [2.45, 2.75) is 49.3 Å². The number of hydrogen-bond donors (Lipinski definition) is 7. The van der Waals surface area contributed by atoms with Gasteiger partial charge in [0.2, 0.25) is 6.29 Å². The Labute approximate surface area is 227 Å². The first-order chi connectivity index (χ1) is 19.6.